The fourth-order valence-corrected chi connectivity index (χ4v) is 3.47. The number of hydrogen-bond acceptors (Lipinski definition) is 3. The minimum atomic E-state index is -4.44. The number of hydrogen-bond donors (Lipinski definition) is 0. The van der Waals surface area contributed by atoms with Gasteiger partial charge in [-0.3, -0.25) is 0 Å². The maximum atomic E-state index is 13.1. The van der Waals surface area contributed by atoms with E-state index in [4.69, 9.17) is 10.2 Å². The van der Waals surface area contributed by atoms with E-state index in [-0.39, 0.29) is 26.6 Å². The molecule has 0 saturated carbocycles. The summed E-state index contributed by atoms with van der Waals surface area (Å²) in [7, 11) is 0. The van der Waals surface area contributed by atoms with E-state index in [1.807, 2.05) is 38.1 Å². The summed E-state index contributed by atoms with van der Waals surface area (Å²) in [6.07, 6.45) is -4.44. The summed E-state index contributed by atoms with van der Waals surface area (Å²) in [6, 6.07) is 27.3. The molecule has 172 valence electrons. The van der Waals surface area contributed by atoms with Gasteiger partial charge in [0.2, 0.25) is 0 Å². The Morgan fingerprint density at radius 3 is 1.85 bits per heavy atom. The van der Waals surface area contributed by atoms with Crippen molar-refractivity contribution in [3.8, 4) is 28.6 Å². The second-order valence-corrected chi connectivity index (χ2v) is 8.03. The number of aromatic nitrogens is 2. The van der Waals surface area contributed by atoms with E-state index in [1.54, 1.807) is 30.3 Å². The molecule has 0 fully saturated rings. The fraction of sp³-hybridized carbons (Fsp3) is 0.148. The van der Waals surface area contributed by atoms with Gasteiger partial charge in [-0.1, -0.05) is 24.3 Å². The van der Waals surface area contributed by atoms with Gasteiger partial charge in [-0.25, -0.2) is 0 Å². The molecule has 0 amide bonds. The number of benzene rings is 2. The minimum Gasteiger partial charge on any atom is -0.300 e. The molecule has 0 aliphatic heterocycles. The van der Waals surface area contributed by atoms with Crippen LogP contribution in [0.5, 0.6) is 0 Å². The van der Waals surface area contributed by atoms with Crippen LogP contribution in [0.1, 0.15) is 36.4 Å². The Hall–Kier alpha value is -3.29. The van der Waals surface area contributed by atoms with Crippen LogP contribution in [0.3, 0.4) is 0 Å². The van der Waals surface area contributed by atoms with E-state index in [1.165, 1.54) is 6.07 Å². The molecule has 0 atom stereocenters. The maximum absolute atomic E-state index is 13.1. The van der Waals surface area contributed by atoms with E-state index in [9.17, 15) is 13.2 Å². The first-order chi connectivity index (χ1) is 15.7. The van der Waals surface area contributed by atoms with Gasteiger partial charge >= 0.3 is 27.2 Å². The first-order valence-corrected chi connectivity index (χ1v) is 10.1. The van der Waals surface area contributed by atoms with Crippen LogP contribution in [0.15, 0.2) is 72.8 Å². The van der Waals surface area contributed by atoms with Crippen LogP contribution in [-0.4, -0.2) is 9.97 Å². The van der Waals surface area contributed by atoms with Crippen LogP contribution in [-0.2, 0) is 32.7 Å². The molecular weight excluding hydrogens is 618 g/mol. The third-order valence-corrected chi connectivity index (χ3v) is 5.39. The Bertz CT molecular complexity index is 1360. The SMILES string of the molecule is CC(C)(c1cccc(-c2[c-]ccc(C#N)c2)n1)c1cccc(-c2[c-]ccc(C(F)(F)F)c2)n1.[Pt+2]. The van der Waals surface area contributed by atoms with Crippen molar-refractivity contribution in [2.24, 2.45) is 0 Å². The summed E-state index contributed by atoms with van der Waals surface area (Å²) in [5.41, 5.74) is 2.56. The van der Waals surface area contributed by atoms with E-state index in [0.29, 0.717) is 28.2 Å². The normalized spacial score (nSPS) is 11.4. The standard InChI is InChI=1S/C27H18F3N3.Pt/c1-26(2,24-13-5-11-22(32-24)19-8-3-7-18(15-19)17-31)25-14-6-12-23(33-25)20-9-4-10-21(16-20)27(28,29)30;/h3-7,10-16H,1-2H3;/q-2;+2. The van der Waals surface area contributed by atoms with Crippen molar-refractivity contribution in [3.05, 3.63) is 107 Å². The molecule has 4 aromatic rings. The van der Waals surface area contributed by atoms with Gasteiger partial charge in [0, 0.05) is 16.8 Å². The van der Waals surface area contributed by atoms with Crippen LogP contribution in [0.25, 0.3) is 22.5 Å². The van der Waals surface area contributed by atoms with Gasteiger partial charge in [-0.05, 0) is 48.5 Å². The number of rotatable bonds is 4. The van der Waals surface area contributed by atoms with Gasteiger partial charge in [0.25, 0.3) is 0 Å². The summed E-state index contributed by atoms with van der Waals surface area (Å²) in [5, 5.41) is 9.17. The Balaban J connectivity index is 0.00000324. The quantitative estimate of drug-likeness (QED) is 0.237. The van der Waals surface area contributed by atoms with Crippen molar-refractivity contribution in [2.45, 2.75) is 25.4 Å². The summed E-state index contributed by atoms with van der Waals surface area (Å²) in [4.78, 5) is 9.43. The fourth-order valence-electron chi connectivity index (χ4n) is 3.47. The third-order valence-electron chi connectivity index (χ3n) is 5.39. The summed E-state index contributed by atoms with van der Waals surface area (Å²) < 4.78 is 39.4. The average Bonchev–Trinajstić information content (AvgIpc) is 2.84. The number of pyridine rings is 2. The van der Waals surface area contributed by atoms with Gasteiger partial charge in [0.05, 0.1) is 6.07 Å². The van der Waals surface area contributed by atoms with Crippen molar-refractivity contribution >= 4 is 0 Å². The third kappa shape index (κ3) is 5.26. The van der Waals surface area contributed by atoms with Gasteiger partial charge in [0.1, 0.15) is 0 Å². The molecular formula is C27H18F3N3Pt. The molecule has 0 radical (unpaired) electrons. The Morgan fingerprint density at radius 2 is 1.32 bits per heavy atom. The molecule has 34 heavy (non-hydrogen) atoms. The van der Waals surface area contributed by atoms with Gasteiger partial charge in [-0.15, -0.1) is 59.7 Å². The molecule has 0 spiro atoms. The van der Waals surface area contributed by atoms with Crippen molar-refractivity contribution in [1.29, 1.82) is 5.26 Å². The Morgan fingerprint density at radius 1 is 0.794 bits per heavy atom. The zero-order valence-electron chi connectivity index (χ0n) is 18.2. The molecule has 0 aliphatic carbocycles. The second kappa shape index (κ2) is 9.91. The predicted molar refractivity (Wildman–Crippen MR) is 119 cm³/mol. The van der Waals surface area contributed by atoms with Crippen molar-refractivity contribution in [3.63, 3.8) is 0 Å². The van der Waals surface area contributed by atoms with Crippen LogP contribution in [0.4, 0.5) is 13.2 Å². The molecule has 7 heteroatoms. The zero-order valence-corrected chi connectivity index (χ0v) is 20.5. The smallest absolute Gasteiger partial charge is 0.300 e. The van der Waals surface area contributed by atoms with Crippen molar-refractivity contribution in [1.82, 2.24) is 9.97 Å². The summed E-state index contributed by atoms with van der Waals surface area (Å²) >= 11 is 0. The molecule has 2 aromatic heterocycles. The number of nitrogens with zero attached hydrogens (tertiary/aromatic N) is 3. The number of halogens is 3. The van der Waals surface area contributed by atoms with Crippen molar-refractivity contribution in [2.75, 3.05) is 0 Å². The van der Waals surface area contributed by atoms with Crippen molar-refractivity contribution < 1.29 is 34.2 Å². The first-order valence-electron chi connectivity index (χ1n) is 10.1. The zero-order chi connectivity index (χ0) is 23.6. The average molecular weight is 637 g/mol. The molecule has 0 unspecified atom stereocenters. The van der Waals surface area contributed by atoms with E-state index < -0.39 is 17.2 Å². The summed E-state index contributed by atoms with van der Waals surface area (Å²) in [6.45, 7) is 3.91. The molecule has 4 rings (SSSR count). The monoisotopic (exact) mass is 636 g/mol. The van der Waals surface area contributed by atoms with Gasteiger partial charge in [0.15, 0.2) is 0 Å². The maximum Gasteiger partial charge on any atom is 2.00 e. The molecule has 2 heterocycles. The molecule has 3 nitrogen and oxygen atoms in total. The molecule has 0 N–H and O–H groups in total. The largest absolute Gasteiger partial charge is 2.00 e. The van der Waals surface area contributed by atoms with Crippen LogP contribution in [0, 0.1) is 23.5 Å². The number of alkyl halides is 3. The van der Waals surface area contributed by atoms with Crippen LogP contribution in [0.2, 0.25) is 0 Å². The second-order valence-electron chi connectivity index (χ2n) is 8.03. The van der Waals surface area contributed by atoms with E-state index in [0.717, 1.165) is 17.8 Å². The van der Waals surface area contributed by atoms with Crippen LogP contribution >= 0.6 is 0 Å². The number of nitriles is 1. The molecule has 0 saturated heterocycles. The molecule has 2 aromatic carbocycles. The van der Waals surface area contributed by atoms with E-state index in [2.05, 4.69) is 23.2 Å². The minimum absolute atomic E-state index is 0. The predicted octanol–water partition coefficient (Wildman–Crippen LogP) is 6.62. The topological polar surface area (TPSA) is 49.6 Å². The van der Waals surface area contributed by atoms with Crippen LogP contribution < -0.4 is 0 Å². The van der Waals surface area contributed by atoms with Gasteiger partial charge < -0.3 is 9.97 Å². The summed E-state index contributed by atoms with van der Waals surface area (Å²) in [5.74, 6) is 0. The molecule has 0 aliphatic rings. The Labute approximate surface area is 210 Å². The van der Waals surface area contributed by atoms with E-state index >= 15 is 0 Å². The molecule has 0 bridgehead atoms. The Kier molecular flexibility index (Phi) is 7.38. The first kappa shape index (κ1) is 25.3. The van der Waals surface area contributed by atoms with Gasteiger partial charge in [-0.2, -0.15) is 18.4 Å².